The molecule has 2 atom stereocenters. The summed E-state index contributed by atoms with van der Waals surface area (Å²) in [6.45, 7) is 26.3. The maximum Gasteiger partial charge on any atom is 0.410 e. The normalized spacial score (nSPS) is 16.2. The number of nitrogens with one attached hydrogen (secondary N) is 3. The zero-order valence-electron chi connectivity index (χ0n) is 57.8. The van der Waals surface area contributed by atoms with Crippen LogP contribution in [0.2, 0.25) is 0 Å². The number of ketones is 2. The van der Waals surface area contributed by atoms with E-state index in [1.54, 1.807) is 34.1 Å². The van der Waals surface area contributed by atoms with Crippen LogP contribution in [0.3, 0.4) is 0 Å². The lowest BCUT2D eigenvalue weighted by molar-refractivity contribution is -0.121. The van der Waals surface area contributed by atoms with Crippen LogP contribution in [0.15, 0.2) is 146 Å². The third-order valence-corrected chi connectivity index (χ3v) is 17.5. The first-order valence-corrected chi connectivity index (χ1v) is 34.6. The number of hydrogen-bond acceptors (Lipinski definition) is 14. The maximum atomic E-state index is 14.6. The number of amides is 4. The number of nitrogens with zero attached hydrogens (tertiary/aromatic N) is 7. The summed E-state index contributed by atoms with van der Waals surface area (Å²) < 4.78 is 68.1. The molecule has 0 saturated carbocycles. The van der Waals surface area contributed by atoms with E-state index in [0.29, 0.717) is 30.1 Å². The molecular formula is C76H95ClF4N10O8. The van der Waals surface area contributed by atoms with Gasteiger partial charge in [0.25, 0.3) is 11.8 Å². The van der Waals surface area contributed by atoms with Crippen LogP contribution >= 0.6 is 11.6 Å². The average molecular weight is 1390 g/mol. The predicted molar refractivity (Wildman–Crippen MR) is 379 cm³/mol. The molecule has 99 heavy (non-hydrogen) atoms. The van der Waals surface area contributed by atoms with Crippen molar-refractivity contribution in [3.63, 3.8) is 0 Å². The number of piperazine rings is 4. The number of ether oxygens (including phenoxy) is 2. The number of alkyl halides is 1. The highest BCUT2D eigenvalue weighted by Gasteiger charge is 2.31. The van der Waals surface area contributed by atoms with Gasteiger partial charge in [0.05, 0.1) is 23.2 Å². The number of halogens is 5. The van der Waals surface area contributed by atoms with Gasteiger partial charge in [0.1, 0.15) is 34.5 Å². The Labute approximate surface area is 584 Å². The third-order valence-electron chi connectivity index (χ3n) is 17.4. The number of benzene rings is 6. The van der Waals surface area contributed by atoms with E-state index in [4.69, 9.17) is 21.1 Å². The summed E-state index contributed by atoms with van der Waals surface area (Å²) in [4.78, 5) is 92.2. The van der Waals surface area contributed by atoms with Gasteiger partial charge in [-0.25, -0.2) is 27.2 Å². The molecule has 0 aromatic heterocycles. The van der Waals surface area contributed by atoms with Crippen LogP contribution in [-0.4, -0.2) is 214 Å². The zero-order chi connectivity index (χ0) is 71.1. The minimum atomic E-state index is -0.937. The lowest BCUT2D eigenvalue weighted by atomic mass is 9.96. The van der Waals surface area contributed by atoms with Crippen molar-refractivity contribution in [2.45, 2.75) is 90.5 Å². The van der Waals surface area contributed by atoms with Gasteiger partial charge in [0, 0.05) is 154 Å². The molecule has 4 amide bonds. The molecule has 10 rings (SSSR count). The van der Waals surface area contributed by atoms with Crippen molar-refractivity contribution in [1.82, 2.24) is 40.4 Å². The van der Waals surface area contributed by atoms with E-state index in [1.165, 1.54) is 60.7 Å². The van der Waals surface area contributed by atoms with Crippen LogP contribution in [0.1, 0.15) is 84.5 Å². The fourth-order valence-corrected chi connectivity index (χ4v) is 12.3. The lowest BCUT2D eigenvalue weighted by Gasteiger charge is -2.39. The van der Waals surface area contributed by atoms with Gasteiger partial charge >= 0.3 is 12.2 Å². The predicted octanol–water partition coefficient (Wildman–Crippen LogP) is 10.1. The number of hydrogen-bond donors (Lipinski definition) is 3. The first-order chi connectivity index (χ1) is 47.4. The van der Waals surface area contributed by atoms with Gasteiger partial charge in [0.2, 0.25) is 0 Å². The van der Waals surface area contributed by atoms with E-state index in [1.807, 2.05) is 102 Å². The Morgan fingerprint density at radius 2 is 0.808 bits per heavy atom. The minimum Gasteiger partial charge on any atom is -0.444 e. The summed E-state index contributed by atoms with van der Waals surface area (Å²) in [6.07, 6.45) is -0.136. The van der Waals surface area contributed by atoms with Crippen LogP contribution in [0.25, 0.3) is 0 Å². The SMILES string of the molecule is CC(C)(C)OC(=O)N1CCN(CCCl)CC1.CC(C)(C)OC(=O)N1CCN(CCN2CCN(c3ccc(F)cc3CC(=O)C(Cc3ccccc3)NC(=O)c3ccccc3F)CC2)CC1.O=C(NC(Cc1ccccc1)C(=O)Cc1cc(F)ccc1N1CCNCC1)c1ccccc1F. The van der Waals surface area contributed by atoms with Crippen LogP contribution in [0, 0.1) is 23.3 Å². The van der Waals surface area contributed by atoms with Crippen molar-refractivity contribution >= 4 is 58.5 Å². The smallest absolute Gasteiger partial charge is 0.410 e. The molecular weight excluding hydrogens is 1290 g/mol. The Bertz CT molecular complexity index is 3610. The largest absolute Gasteiger partial charge is 0.444 e. The van der Waals surface area contributed by atoms with Gasteiger partial charge in [-0.15, -0.1) is 11.6 Å². The summed E-state index contributed by atoms with van der Waals surface area (Å²) in [7, 11) is 0. The molecule has 0 spiro atoms. The van der Waals surface area contributed by atoms with E-state index in [9.17, 15) is 46.3 Å². The van der Waals surface area contributed by atoms with Crippen molar-refractivity contribution in [3.8, 4) is 0 Å². The van der Waals surface area contributed by atoms with Gasteiger partial charge in [0.15, 0.2) is 11.6 Å². The molecule has 4 fully saturated rings. The lowest BCUT2D eigenvalue weighted by Crippen LogP contribution is -2.53. The summed E-state index contributed by atoms with van der Waals surface area (Å²) >= 11 is 5.67. The topological polar surface area (TPSA) is 180 Å². The molecule has 4 heterocycles. The highest BCUT2D eigenvalue weighted by atomic mass is 35.5. The molecule has 4 aliphatic rings. The third kappa shape index (κ3) is 24.5. The highest BCUT2D eigenvalue weighted by molar-refractivity contribution is 6.18. The van der Waals surface area contributed by atoms with E-state index >= 15 is 0 Å². The van der Waals surface area contributed by atoms with E-state index in [-0.39, 0.29) is 60.6 Å². The molecule has 23 heteroatoms. The fourth-order valence-electron chi connectivity index (χ4n) is 12.1. The molecule has 532 valence electrons. The Balaban J connectivity index is 0.000000215. The van der Waals surface area contributed by atoms with Gasteiger partial charge in [-0.2, -0.15) is 0 Å². The summed E-state index contributed by atoms with van der Waals surface area (Å²) in [5.74, 6) is -3.42. The van der Waals surface area contributed by atoms with Gasteiger partial charge < -0.3 is 45.0 Å². The summed E-state index contributed by atoms with van der Waals surface area (Å²) in [5.41, 5.74) is 3.26. The second-order valence-electron chi connectivity index (χ2n) is 27.1. The monoisotopic (exact) mass is 1390 g/mol. The highest BCUT2D eigenvalue weighted by Crippen LogP contribution is 2.27. The molecule has 4 aliphatic heterocycles. The molecule has 0 aliphatic carbocycles. The molecule has 6 aromatic carbocycles. The van der Waals surface area contributed by atoms with Gasteiger partial charge in [-0.05, 0) is 137 Å². The van der Waals surface area contributed by atoms with Crippen LogP contribution < -0.4 is 25.8 Å². The molecule has 6 aromatic rings. The Kier molecular flexibility index (Phi) is 28.6. The van der Waals surface area contributed by atoms with Crippen molar-refractivity contribution in [2.75, 3.05) is 140 Å². The van der Waals surface area contributed by atoms with E-state index in [0.717, 1.165) is 134 Å². The first-order valence-electron chi connectivity index (χ1n) is 34.1. The molecule has 3 N–H and O–H groups in total. The molecule has 4 saturated heterocycles. The summed E-state index contributed by atoms with van der Waals surface area (Å²) in [6, 6.07) is 37.1. The van der Waals surface area contributed by atoms with Gasteiger partial charge in [-0.3, -0.25) is 33.9 Å². The van der Waals surface area contributed by atoms with Gasteiger partial charge in [-0.1, -0.05) is 84.9 Å². The van der Waals surface area contributed by atoms with Crippen molar-refractivity contribution in [3.05, 3.63) is 202 Å². The number of anilines is 2. The molecule has 2 unspecified atom stereocenters. The van der Waals surface area contributed by atoms with Crippen LogP contribution in [-0.2, 0) is 44.7 Å². The number of carbonyl (C=O) groups is 6. The first kappa shape index (κ1) is 76.3. The Morgan fingerprint density at radius 1 is 0.455 bits per heavy atom. The van der Waals surface area contributed by atoms with Crippen molar-refractivity contribution in [2.24, 2.45) is 0 Å². The van der Waals surface area contributed by atoms with E-state index in [2.05, 4.69) is 40.4 Å². The summed E-state index contributed by atoms with van der Waals surface area (Å²) in [5, 5.41) is 8.74. The molecule has 0 bridgehead atoms. The standard InChI is InChI=1S/C38H47F2N5O4.C27H27F2N3O2.C11H21ClN2O2/c1-38(2,3)49-37(48)45-23-19-43(20-24-45)16-15-42-17-21-44(22-18-42)34-14-13-30(39)26-29(34)27-35(46)33(25-28-9-5-4-6-10-28)41-36(47)31-11-7-8-12-32(31)40;28-21-10-11-25(32-14-12-30-13-15-32)20(17-21)18-26(33)24(16-19-6-2-1-3-7-19)31-27(34)22-8-4-5-9-23(22)29;1-11(2,3)16-10(15)14-8-6-13(5-4-12)7-9-14/h4-14,26,33H,15-25,27H2,1-3H3,(H,41,47);1-11,17,24,30H,12-16,18H2,(H,31,34);4-9H2,1-3H3. The zero-order valence-corrected chi connectivity index (χ0v) is 58.5. The van der Waals surface area contributed by atoms with E-state index < -0.39 is 58.4 Å². The van der Waals surface area contributed by atoms with Crippen molar-refractivity contribution in [1.29, 1.82) is 0 Å². The second-order valence-corrected chi connectivity index (χ2v) is 27.5. The maximum absolute atomic E-state index is 14.6. The quantitative estimate of drug-likeness (QED) is 0.0458. The fraction of sp³-hybridized carbons (Fsp3) is 0.447. The average Bonchev–Trinajstić information content (AvgIpc) is 0.851. The number of rotatable bonds is 21. The minimum absolute atomic E-state index is 0.0495. The van der Waals surface area contributed by atoms with Crippen LogP contribution in [0.5, 0.6) is 0 Å². The number of Topliss-reactive ketones (excluding diaryl/α,β-unsaturated/α-hetero) is 2. The van der Waals surface area contributed by atoms with Crippen molar-refractivity contribution < 1.29 is 55.8 Å². The second kappa shape index (κ2) is 37.1. The van der Waals surface area contributed by atoms with Crippen LogP contribution in [0.4, 0.5) is 38.5 Å². The molecule has 0 radical (unpaired) electrons. The Hall–Kier alpha value is -8.41. The number of carbonyl (C=O) groups excluding carboxylic acids is 6. The molecule has 18 nitrogen and oxygen atoms in total. The Morgan fingerprint density at radius 3 is 1.18 bits per heavy atom.